The van der Waals surface area contributed by atoms with Gasteiger partial charge in [0.2, 0.25) is 0 Å². The Morgan fingerprint density at radius 2 is 0.828 bits per heavy atom. The van der Waals surface area contributed by atoms with Crippen LogP contribution in [-0.4, -0.2) is 4.57 Å². The van der Waals surface area contributed by atoms with E-state index >= 15 is 0 Å². The second-order valence-corrected chi connectivity index (χ2v) is 15.0. The first-order valence-corrected chi connectivity index (χ1v) is 19.9. The van der Waals surface area contributed by atoms with Crippen LogP contribution < -0.4 is 4.90 Å². The first-order valence-electron chi connectivity index (χ1n) is 19.9. The lowest BCUT2D eigenvalue weighted by atomic mass is 9.91. The van der Waals surface area contributed by atoms with Gasteiger partial charge in [-0.3, -0.25) is 0 Å². The van der Waals surface area contributed by atoms with E-state index in [2.05, 4.69) is 240 Å². The number of anilines is 3. The van der Waals surface area contributed by atoms with Crippen molar-refractivity contribution in [1.82, 2.24) is 4.57 Å². The summed E-state index contributed by atoms with van der Waals surface area (Å²) in [6.07, 6.45) is 0. The van der Waals surface area contributed by atoms with Gasteiger partial charge in [0.1, 0.15) is 0 Å². The Hall–Kier alpha value is -7.68. The van der Waals surface area contributed by atoms with Gasteiger partial charge >= 0.3 is 0 Å². The minimum Gasteiger partial charge on any atom is -0.310 e. The quantitative estimate of drug-likeness (QED) is 0.158. The van der Waals surface area contributed by atoms with E-state index < -0.39 is 0 Å². The normalized spacial score (nSPS) is 11.4. The summed E-state index contributed by atoms with van der Waals surface area (Å²) in [4.78, 5) is 2.38. The highest BCUT2D eigenvalue weighted by atomic mass is 15.1. The highest BCUT2D eigenvalue weighted by molar-refractivity contribution is 6.09. The molecule has 11 aromatic rings. The van der Waals surface area contributed by atoms with Crippen LogP contribution in [0.3, 0.4) is 0 Å². The second-order valence-electron chi connectivity index (χ2n) is 15.0. The fraction of sp³-hybridized carbons (Fsp3) is 0. The molecule has 0 fully saturated rings. The van der Waals surface area contributed by atoms with Crippen molar-refractivity contribution in [1.29, 1.82) is 0 Å². The Balaban J connectivity index is 1.05. The van der Waals surface area contributed by atoms with Crippen molar-refractivity contribution in [3.8, 4) is 39.1 Å². The lowest BCUT2D eigenvalue weighted by molar-refractivity contribution is 1.17. The molecule has 0 saturated carbocycles. The van der Waals surface area contributed by atoms with Crippen LogP contribution >= 0.6 is 0 Å². The third kappa shape index (κ3) is 5.82. The fourth-order valence-corrected chi connectivity index (χ4v) is 8.82. The molecule has 2 nitrogen and oxygen atoms in total. The monoisotopic (exact) mass is 738 g/mol. The van der Waals surface area contributed by atoms with Crippen molar-refractivity contribution < 1.29 is 0 Å². The Bertz CT molecular complexity index is 3210. The molecule has 1 aromatic heterocycles. The fourth-order valence-electron chi connectivity index (χ4n) is 8.82. The Labute approximate surface area is 338 Å². The van der Waals surface area contributed by atoms with Crippen LogP contribution in [0.4, 0.5) is 17.1 Å². The number of aromatic nitrogens is 1. The van der Waals surface area contributed by atoms with Crippen molar-refractivity contribution in [3.05, 3.63) is 231 Å². The van der Waals surface area contributed by atoms with Crippen LogP contribution in [0.2, 0.25) is 0 Å². The number of benzene rings is 10. The van der Waals surface area contributed by atoms with Crippen molar-refractivity contribution in [2.24, 2.45) is 0 Å². The van der Waals surface area contributed by atoms with Gasteiger partial charge in [-0.15, -0.1) is 0 Å². The zero-order chi connectivity index (χ0) is 38.4. The van der Waals surface area contributed by atoms with Gasteiger partial charge in [0.15, 0.2) is 0 Å². The molecule has 1 heterocycles. The van der Waals surface area contributed by atoms with Crippen molar-refractivity contribution in [2.75, 3.05) is 4.90 Å². The molecular formula is C56H38N2. The largest absolute Gasteiger partial charge is 0.310 e. The molecule has 0 aliphatic carbocycles. The number of hydrogen-bond donors (Lipinski definition) is 0. The van der Waals surface area contributed by atoms with Gasteiger partial charge in [0.05, 0.1) is 11.0 Å². The summed E-state index contributed by atoms with van der Waals surface area (Å²) in [6.45, 7) is 0. The molecule has 58 heavy (non-hydrogen) atoms. The molecule has 0 N–H and O–H groups in total. The van der Waals surface area contributed by atoms with Gasteiger partial charge in [-0.25, -0.2) is 0 Å². The molecule has 0 aliphatic heterocycles. The first kappa shape index (κ1) is 33.6. The lowest BCUT2D eigenvalue weighted by Crippen LogP contribution is -2.10. The van der Waals surface area contributed by atoms with Gasteiger partial charge in [0, 0.05) is 33.5 Å². The van der Waals surface area contributed by atoms with E-state index in [1.165, 1.54) is 76.7 Å². The van der Waals surface area contributed by atoms with Crippen LogP contribution in [0.1, 0.15) is 0 Å². The molecule has 0 bridgehead atoms. The number of nitrogens with zero attached hydrogens (tertiary/aromatic N) is 2. The first-order chi connectivity index (χ1) is 28.8. The summed E-state index contributed by atoms with van der Waals surface area (Å²) in [6, 6.07) is 83.7. The van der Waals surface area contributed by atoms with E-state index in [9.17, 15) is 0 Å². The van der Waals surface area contributed by atoms with E-state index in [0.717, 1.165) is 22.7 Å². The Morgan fingerprint density at radius 3 is 1.53 bits per heavy atom. The minimum absolute atomic E-state index is 1.09. The van der Waals surface area contributed by atoms with Crippen LogP contribution in [0.25, 0.3) is 82.4 Å². The van der Waals surface area contributed by atoms with Gasteiger partial charge in [-0.2, -0.15) is 0 Å². The van der Waals surface area contributed by atoms with Crippen molar-refractivity contribution in [3.63, 3.8) is 0 Å². The molecule has 0 atom stereocenters. The van der Waals surface area contributed by atoms with Crippen LogP contribution in [0.15, 0.2) is 231 Å². The SMILES string of the molecule is c1ccc(-c2cccc3cccc(-c4cccc(N(c5ccc(-c6ccc7ccccc7c6)cc5)c5ccc(-n6c7ccccc7c7ccccc76)cc5)c4)c23)cc1. The van der Waals surface area contributed by atoms with E-state index in [-0.39, 0.29) is 0 Å². The highest BCUT2D eigenvalue weighted by Gasteiger charge is 2.18. The van der Waals surface area contributed by atoms with E-state index in [0.29, 0.717) is 0 Å². The van der Waals surface area contributed by atoms with E-state index in [1.807, 2.05) is 0 Å². The summed E-state index contributed by atoms with van der Waals surface area (Å²) in [5, 5.41) is 7.50. The molecular weight excluding hydrogens is 701 g/mol. The van der Waals surface area contributed by atoms with Gasteiger partial charge < -0.3 is 9.47 Å². The maximum Gasteiger partial charge on any atom is 0.0541 e. The summed E-state index contributed by atoms with van der Waals surface area (Å²) < 4.78 is 2.38. The van der Waals surface area contributed by atoms with Gasteiger partial charge in [-0.05, 0) is 122 Å². The summed E-state index contributed by atoms with van der Waals surface area (Å²) >= 11 is 0. The molecule has 10 aromatic carbocycles. The van der Waals surface area contributed by atoms with Crippen LogP contribution in [-0.2, 0) is 0 Å². The second kappa shape index (κ2) is 14.1. The zero-order valence-corrected chi connectivity index (χ0v) is 31.8. The third-order valence-electron chi connectivity index (χ3n) is 11.6. The standard InChI is InChI=1S/C56H38N2/c1-2-14-41(15-3-1)50-23-11-17-42-18-12-24-51(56(42)50)45-19-10-20-49(38-45)57(46-31-29-40(30-32-46)44-28-27-39-13-4-5-16-43(39)37-44)47-33-35-48(36-34-47)58-54-25-8-6-21-52(54)53-22-7-9-26-55(53)58/h1-38H. The summed E-state index contributed by atoms with van der Waals surface area (Å²) in [5.41, 5.74) is 14.0. The molecule has 2 heteroatoms. The molecule has 0 amide bonds. The number of para-hydroxylation sites is 2. The topological polar surface area (TPSA) is 8.17 Å². The maximum atomic E-state index is 2.38. The predicted molar refractivity (Wildman–Crippen MR) is 247 cm³/mol. The molecule has 0 saturated heterocycles. The van der Waals surface area contributed by atoms with Crippen molar-refractivity contribution >= 4 is 60.4 Å². The average molecular weight is 739 g/mol. The molecule has 0 radical (unpaired) electrons. The van der Waals surface area contributed by atoms with Gasteiger partial charge in [-0.1, -0.05) is 164 Å². The molecule has 272 valence electrons. The molecule has 0 spiro atoms. The summed E-state index contributed by atoms with van der Waals surface area (Å²) in [7, 11) is 0. The van der Waals surface area contributed by atoms with Crippen LogP contribution in [0, 0.1) is 0 Å². The number of hydrogen-bond acceptors (Lipinski definition) is 1. The van der Waals surface area contributed by atoms with E-state index in [4.69, 9.17) is 0 Å². The molecule has 0 aliphatic rings. The summed E-state index contributed by atoms with van der Waals surface area (Å²) in [5.74, 6) is 0. The smallest absolute Gasteiger partial charge is 0.0541 e. The van der Waals surface area contributed by atoms with Crippen molar-refractivity contribution in [2.45, 2.75) is 0 Å². The lowest BCUT2D eigenvalue weighted by Gasteiger charge is -2.27. The van der Waals surface area contributed by atoms with E-state index in [1.54, 1.807) is 0 Å². The molecule has 0 unspecified atom stereocenters. The highest BCUT2D eigenvalue weighted by Crippen LogP contribution is 2.42. The number of fused-ring (bicyclic) bond motifs is 5. The Morgan fingerprint density at radius 1 is 0.293 bits per heavy atom. The zero-order valence-electron chi connectivity index (χ0n) is 31.8. The minimum atomic E-state index is 1.09. The molecule has 11 rings (SSSR count). The average Bonchev–Trinajstić information content (AvgIpc) is 3.64. The number of rotatable bonds is 7. The maximum absolute atomic E-state index is 2.38. The Kier molecular flexibility index (Phi) is 8.19. The third-order valence-corrected chi connectivity index (χ3v) is 11.6. The van der Waals surface area contributed by atoms with Crippen LogP contribution in [0.5, 0.6) is 0 Å². The predicted octanol–water partition coefficient (Wildman–Crippen LogP) is 15.6. The van der Waals surface area contributed by atoms with Gasteiger partial charge in [0.25, 0.3) is 0 Å².